The summed E-state index contributed by atoms with van der Waals surface area (Å²) in [6.07, 6.45) is 1.88. The third-order valence-corrected chi connectivity index (χ3v) is 5.65. The number of amides is 1. The minimum atomic E-state index is -0.0252. The molecule has 0 aliphatic carbocycles. The van der Waals surface area contributed by atoms with Gasteiger partial charge in [-0.3, -0.25) is 4.79 Å². The van der Waals surface area contributed by atoms with Crippen LogP contribution >= 0.6 is 31.9 Å². The molecule has 7 heteroatoms. The highest BCUT2D eigenvalue weighted by atomic mass is 79.9. The number of hydrogen-bond acceptors (Lipinski definition) is 3. The molecular formula is C19H17Br2N3O2. The first-order valence-corrected chi connectivity index (χ1v) is 10.0. The van der Waals surface area contributed by atoms with Crippen molar-refractivity contribution in [2.75, 3.05) is 13.2 Å². The largest absolute Gasteiger partial charge is 0.483 e. The fourth-order valence-electron chi connectivity index (χ4n) is 3.29. The van der Waals surface area contributed by atoms with Crippen molar-refractivity contribution in [3.8, 4) is 5.75 Å². The van der Waals surface area contributed by atoms with Crippen LogP contribution in [0.2, 0.25) is 0 Å². The van der Waals surface area contributed by atoms with Gasteiger partial charge in [-0.15, -0.1) is 0 Å². The second kappa shape index (κ2) is 7.40. The van der Waals surface area contributed by atoms with Gasteiger partial charge in [0.05, 0.1) is 21.5 Å². The minimum absolute atomic E-state index is 0.0109. The zero-order valence-corrected chi connectivity index (χ0v) is 17.1. The number of aromatic amines is 1. The Hall–Kier alpha value is -1.86. The van der Waals surface area contributed by atoms with Gasteiger partial charge in [-0.05, 0) is 59.1 Å². The Bertz CT molecular complexity index is 924. The van der Waals surface area contributed by atoms with Crippen LogP contribution in [-0.2, 0) is 4.79 Å². The molecule has 1 fully saturated rings. The molecule has 1 N–H and O–H groups in total. The number of nitrogens with zero attached hydrogens (tertiary/aromatic N) is 2. The van der Waals surface area contributed by atoms with E-state index in [1.54, 1.807) is 0 Å². The van der Waals surface area contributed by atoms with E-state index in [0.29, 0.717) is 5.75 Å². The van der Waals surface area contributed by atoms with E-state index in [1.807, 2.05) is 47.4 Å². The Kier molecular flexibility index (Phi) is 5.00. The quantitative estimate of drug-likeness (QED) is 0.584. The zero-order valence-electron chi connectivity index (χ0n) is 13.9. The van der Waals surface area contributed by atoms with E-state index in [2.05, 4.69) is 41.8 Å². The summed E-state index contributed by atoms with van der Waals surface area (Å²) in [5.41, 5.74) is 1.92. The highest BCUT2D eigenvalue weighted by molar-refractivity contribution is 9.11. The van der Waals surface area contributed by atoms with Crippen molar-refractivity contribution in [1.82, 2.24) is 14.9 Å². The number of fused-ring (bicyclic) bond motifs is 1. The molecule has 26 heavy (non-hydrogen) atoms. The summed E-state index contributed by atoms with van der Waals surface area (Å²) < 4.78 is 7.49. The monoisotopic (exact) mass is 477 g/mol. The van der Waals surface area contributed by atoms with E-state index in [4.69, 9.17) is 4.74 Å². The van der Waals surface area contributed by atoms with Crippen molar-refractivity contribution in [3.63, 3.8) is 0 Å². The normalized spacial score (nSPS) is 17.0. The first-order chi connectivity index (χ1) is 12.6. The first-order valence-electron chi connectivity index (χ1n) is 8.44. The van der Waals surface area contributed by atoms with E-state index in [0.717, 1.165) is 45.2 Å². The number of carbonyl (C=O) groups is 1. The maximum Gasteiger partial charge on any atom is 0.261 e. The molecule has 1 unspecified atom stereocenters. The highest BCUT2D eigenvalue weighted by Crippen LogP contribution is 2.32. The molecular weight excluding hydrogens is 462 g/mol. The lowest BCUT2D eigenvalue weighted by molar-refractivity contribution is -0.134. The number of benzene rings is 2. The van der Waals surface area contributed by atoms with E-state index in [9.17, 15) is 4.79 Å². The number of carbonyl (C=O) groups excluding carboxylic acids is 1. The van der Waals surface area contributed by atoms with Crippen LogP contribution in [0.4, 0.5) is 0 Å². The second-order valence-electron chi connectivity index (χ2n) is 6.25. The van der Waals surface area contributed by atoms with Crippen molar-refractivity contribution in [2.24, 2.45) is 0 Å². The molecule has 1 aromatic heterocycles. The first kappa shape index (κ1) is 17.5. The van der Waals surface area contributed by atoms with Crippen LogP contribution in [0.15, 0.2) is 51.4 Å². The van der Waals surface area contributed by atoms with Crippen LogP contribution in [0.3, 0.4) is 0 Å². The molecule has 1 amide bonds. The maximum atomic E-state index is 12.7. The lowest BCUT2D eigenvalue weighted by Crippen LogP contribution is -2.34. The Labute approximate surface area is 168 Å². The average Bonchev–Trinajstić information content (AvgIpc) is 3.27. The summed E-state index contributed by atoms with van der Waals surface area (Å²) >= 11 is 6.86. The molecule has 2 heterocycles. The Morgan fingerprint density at radius 3 is 2.92 bits per heavy atom. The molecule has 5 nitrogen and oxygen atoms in total. The molecule has 1 saturated heterocycles. The van der Waals surface area contributed by atoms with Gasteiger partial charge in [0.1, 0.15) is 11.6 Å². The lowest BCUT2D eigenvalue weighted by atomic mass is 10.2. The van der Waals surface area contributed by atoms with Crippen molar-refractivity contribution in [2.45, 2.75) is 18.9 Å². The summed E-state index contributed by atoms with van der Waals surface area (Å²) in [5, 5.41) is 0. The van der Waals surface area contributed by atoms with Crippen molar-refractivity contribution < 1.29 is 9.53 Å². The zero-order chi connectivity index (χ0) is 18.1. The van der Waals surface area contributed by atoms with Crippen molar-refractivity contribution in [1.29, 1.82) is 0 Å². The summed E-state index contributed by atoms with van der Waals surface area (Å²) in [6.45, 7) is 0.738. The summed E-state index contributed by atoms with van der Waals surface area (Å²) in [4.78, 5) is 22.6. The summed E-state index contributed by atoms with van der Waals surface area (Å²) in [6, 6.07) is 13.5. The SMILES string of the molecule is O=C(COc1ccc(Br)cc1Br)N1CCCC1c1nc2ccccc2[nH]1. The van der Waals surface area contributed by atoms with E-state index < -0.39 is 0 Å². The van der Waals surface area contributed by atoms with Gasteiger partial charge in [0.2, 0.25) is 0 Å². The van der Waals surface area contributed by atoms with Crippen LogP contribution in [0.25, 0.3) is 11.0 Å². The Morgan fingerprint density at radius 1 is 1.27 bits per heavy atom. The fraction of sp³-hybridized carbons (Fsp3) is 0.263. The number of rotatable bonds is 4. The Balaban J connectivity index is 1.48. The van der Waals surface area contributed by atoms with Crippen molar-refractivity contribution in [3.05, 3.63) is 57.2 Å². The van der Waals surface area contributed by atoms with E-state index in [1.165, 1.54) is 0 Å². The molecule has 3 aromatic rings. The third kappa shape index (κ3) is 3.50. The van der Waals surface area contributed by atoms with Crippen LogP contribution in [0, 0.1) is 0 Å². The smallest absolute Gasteiger partial charge is 0.261 e. The third-order valence-electron chi connectivity index (χ3n) is 4.54. The van der Waals surface area contributed by atoms with Gasteiger partial charge in [-0.25, -0.2) is 4.98 Å². The number of imidazole rings is 1. The van der Waals surface area contributed by atoms with Crippen LogP contribution in [0.1, 0.15) is 24.7 Å². The van der Waals surface area contributed by atoms with Crippen LogP contribution < -0.4 is 4.74 Å². The molecule has 1 aliphatic rings. The topological polar surface area (TPSA) is 58.2 Å². The van der Waals surface area contributed by atoms with E-state index in [-0.39, 0.29) is 18.6 Å². The standard InChI is InChI=1S/C19H17Br2N3O2/c20-12-7-8-17(13(21)10-12)26-11-18(25)24-9-3-6-16(24)19-22-14-4-1-2-5-15(14)23-19/h1-2,4-5,7-8,10,16H,3,6,9,11H2,(H,22,23). The lowest BCUT2D eigenvalue weighted by Gasteiger charge is -2.23. The van der Waals surface area contributed by atoms with Gasteiger partial charge in [0.15, 0.2) is 6.61 Å². The number of ether oxygens (including phenoxy) is 1. The number of likely N-dealkylation sites (tertiary alicyclic amines) is 1. The molecule has 2 aromatic carbocycles. The summed E-state index contributed by atoms with van der Waals surface area (Å²) in [5.74, 6) is 1.48. The van der Waals surface area contributed by atoms with Gasteiger partial charge >= 0.3 is 0 Å². The molecule has 0 bridgehead atoms. The highest BCUT2D eigenvalue weighted by Gasteiger charge is 2.32. The van der Waals surface area contributed by atoms with Gasteiger partial charge in [0.25, 0.3) is 5.91 Å². The summed E-state index contributed by atoms with van der Waals surface area (Å²) in [7, 11) is 0. The molecule has 4 rings (SSSR count). The number of hydrogen-bond donors (Lipinski definition) is 1. The number of halogens is 2. The minimum Gasteiger partial charge on any atom is -0.483 e. The van der Waals surface area contributed by atoms with Gasteiger partial charge in [-0.2, -0.15) is 0 Å². The number of nitrogens with one attached hydrogen (secondary N) is 1. The number of aromatic nitrogens is 2. The molecule has 134 valence electrons. The molecule has 0 saturated carbocycles. The van der Waals surface area contributed by atoms with Gasteiger partial charge < -0.3 is 14.6 Å². The van der Waals surface area contributed by atoms with Gasteiger partial charge in [0, 0.05) is 11.0 Å². The van der Waals surface area contributed by atoms with Crippen LogP contribution in [0.5, 0.6) is 5.75 Å². The predicted octanol–water partition coefficient (Wildman–Crippen LogP) is 4.83. The number of H-pyrrole nitrogens is 1. The average molecular weight is 479 g/mol. The van der Waals surface area contributed by atoms with Crippen LogP contribution in [-0.4, -0.2) is 33.9 Å². The number of para-hydroxylation sites is 2. The van der Waals surface area contributed by atoms with Gasteiger partial charge in [-0.1, -0.05) is 28.1 Å². The molecule has 1 aliphatic heterocycles. The van der Waals surface area contributed by atoms with E-state index >= 15 is 0 Å². The second-order valence-corrected chi connectivity index (χ2v) is 8.02. The maximum absolute atomic E-state index is 12.7. The molecule has 0 radical (unpaired) electrons. The molecule has 1 atom stereocenters. The fourth-order valence-corrected chi connectivity index (χ4v) is 4.46. The predicted molar refractivity (Wildman–Crippen MR) is 107 cm³/mol. The van der Waals surface area contributed by atoms with Crippen molar-refractivity contribution >= 4 is 48.8 Å². The molecule has 0 spiro atoms. The Morgan fingerprint density at radius 2 is 2.12 bits per heavy atom.